The summed E-state index contributed by atoms with van der Waals surface area (Å²) in [5, 5.41) is 5.81. The van der Waals surface area contributed by atoms with Crippen molar-refractivity contribution in [2.24, 2.45) is 0 Å². The van der Waals surface area contributed by atoms with E-state index in [0.717, 1.165) is 3.79 Å². The molecule has 0 unspecified atom stereocenters. The number of hydrogen-bond donors (Lipinski definition) is 3. The Labute approximate surface area is 110 Å². The molecule has 0 saturated heterocycles. The van der Waals surface area contributed by atoms with Crippen LogP contribution in [0.3, 0.4) is 0 Å². The molecule has 2 rings (SSSR count). The van der Waals surface area contributed by atoms with Gasteiger partial charge >= 0.3 is 6.03 Å². The van der Waals surface area contributed by atoms with Crippen LogP contribution in [0, 0.1) is 0 Å². The number of anilines is 3. The minimum absolute atomic E-state index is 0.350. The maximum atomic E-state index is 11.6. The summed E-state index contributed by atoms with van der Waals surface area (Å²) < 4.78 is 0.858. The Hall–Kier alpha value is -1.60. The van der Waals surface area contributed by atoms with Crippen molar-refractivity contribution in [1.82, 2.24) is 4.98 Å². The van der Waals surface area contributed by atoms with E-state index < -0.39 is 0 Å². The zero-order valence-corrected chi connectivity index (χ0v) is 11.0. The second kappa shape index (κ2) is 5.15. The number of hydrogen-bond acceptors (Lipinski definition) is 4. The summed E-state index contributed by atoms with van der Waals surface area (Å²) in [5.74, 6) is 0. The predicted molar refractivity (Wildman–Crippen MR) is 73.3 cm³/mol. The van der Waals surface area contributed by atoms with Gasteiger partial charge in [-0.3, -0.25) is 5.32 Å². The van der Waals surface area contributed by atoms with Gasteiger partial charge in [0.1, 0.15) is 0 Å². The first-order chi connectivity index (χ1) is 8.13. The van der Waals surface area contributed by atoms with Gasteiger partial charge in [0.2, 0.25) is 0 Å². The van der Waals surface area contributed by atoms with Gasteiger partial charge in [-0.15, -0.1) is 0 Å². The monoisotopic (exact) mass is 312 g/mol. The van der Waals surface area contributed by atoms with Crippen LogP contribution >= 0.6 is 27.3 Å². The molecule has 5 nitrogen and oxygen atoms in total. The van der Waals surface area contributed by atoms with Gasteiger partial charge in [-0.2, -0.15) is 0 Å². The van der Waals surface area contributed by atoms with E-state index in [0.29, 0.717) is 16.5 Å². The second-order valence-corrected chi connectivity index (χ2v) is 5.58. The third kappa shape index (κ3) is 3.43. The normalized spacial score (nSPS) is 9.94. The first-order valence-corrected chi connectivity index (χ1v) is 6.29. The second-order valence-electron chi connectivity index (χ2n) is 3.17. The zero-order valence-electron chi connectivity index (χ0n) is 8.61. The molecule has 0 saturated carbocycles. The molecule has 0 aliphatic rings. The first-order valence-electron chi connectivity index (χ1n) is 4.68. The molecule has 1 aromatic carbocycles. The van der Waals surface area contributed by atoms with E-state index in [-0.39, 0.29) is 6.03 Å². The highest BCUT2D eigenvalue weighted by atomic mass is 79.9. The molecule has 0 bridgehead atoms. The zero-order chi connectivity index (χ0) is 12.3. The van der Waals surface area contributed by atoms with Crippen LogP contribution in [0.15, 0.2) is 34.2 Å². The Morgan fingerprint density at radius 2 is 2.24 bits per heavy atom. The molecule has 4 N–H and O–H groups in total. The molecule has 17 heavy (non-hydrogen) atoms. The quantitative estimate of drug-likeness (QED) is 0.745. The summed E-state index contributed by atoms with van der Waals surface area (Å²) in [6.45, 7) is 0. The molecule has 0 aliphatic heterocycles. The number of thiazole rings is 1. The van der Waals surface area contributed by atoms with Gasteiger partial charge in [-0.1, -0.05) is 17.4 Å². The minimum Gasteiger partial charge on any atom is -0.399 e. The molecule has 0 aliphatic carbocycles. The van der Waals surface area contributed by atoms with Crippen LogP contribution in [0.4, 0.5) is 21.3 Å². The van der Waals surface area contributed by atoms with E-state index in [2.05, 4.69) is 31.5 Å². The number of nitrogens with two attached hydrogens (primary N) is 1. The third-order valence-electron chi connectivity index (χ3n) is 1.84. The maximum Gasteiger partial charge on any atom is 0.325 e. The van der Waals surface area contributed by atoms with Gasteiger partial charge in [-0.05, 0) is 34.1 Å². The van der Waals surface area contributed by atoms with Crippen LogP contribution < -0.4 is 16.4 Å². The van der Waals surface area contributed by atoms with Gasteiger partial charge < -0.3 is 11.1 Å². The number of rotatable bonds is 2. The van der Waals surface area contributed by atoms with Crippen LogP contribution in [-0.4, -0.2) is 11.0 Å². The lowest BCUT2D eigenvalue weighted by Crippen LogP contribution is -2.19. The lowest BCUT2D eigenvalue weighted by atomic mass is 10.3. The van der Waals surface area contributed by atoms with E-state index >= 15 is 0 Å². The molecule has 0 atom stereocenters. The number of aromatic nitrogens is 1. The minimum atomic E-state index is -0.350. The third-order valence-corrected chi connectivity index (χ3v) is 3.23. The smallest absolute Gasteiger partial charge is 0.325 e. The van der Waals surface area contributed by atoms with Gasteiger partial charge in [0, 0.05) is 11.4 Å². The summed E-state index contributed by atoms with van der Waals surface area (Å²) in [6, 6.07) is 6.61. The largest absolute Gasteiger partial charge is 0.399 e. The number of carbonyl (C=O) groups excluding carboxylic acids is 1. The van der Waals surface area contributed by atoms with Crippen molar-refractivity contribution in [2.45, 2.75) is 0 Å². The van der Waals surface area contributed by atoms with Crippen LogP contribution in [0.2, 0.25) is 0 Å². The molecule has 0 fully saturated rings. The van der Waals surface area contributed by atoms with Crippen LogP contribution in [0.1, 0.15) is 0 Å². The summed E-state index contributed by atoms with van der Waals surface area (Å²) in [5.41, 5.74) is 6.84. The Balaban J connectivity index is 1.98. The Morgan fingerprint density at radius 1 is 1.41 bits per heavy atom. The van der Waals surface area contributed by atoms with Gasteiger partial charge in [0.15, 0.2) is 5.13 Å². The highest BCUT2D eigenvalue weighted by Gasteiger charge is 2.05. The number of nitrogens with zero attached hydrogens (tertiary/aromatic N) is 1. The molecule has 1 heterocycles. The molecule has 0 radical (unpaired) electrons. The number of amides is 2. The van der Waals surface area contributed by atoms with Crippen molar-refractivity contribution in [3.8, 4) is 0 Å². The fourth-order valence-corrected chi connectivity index (χ4v) is 2.29. The molecule has 2 aromatic rings. The fraction of sp³-hybridized carbons (Fsp3) is 0. The van der Waals surface area contributed by atoms with E-state index in [1.807, 2.05) is 0 Å². The van der Waals surface area contributed by atoms with E-state index in [9.17, 15) is 4.79 Å². The Kier molecular flexibility index (Phi) is 3.60. The highest BCUT2D eigenvalue weighted by molar-refractivity contribution is 9.11. The standard InChI is InChI=1S/C10H9BrN4OS/c11-8-5-13-10(17-8)15-9(16)14-7-3-1-2-6(12)4-7/h1-5H,12H2,(H2,13,14,15,16). The lowest BCUT2D eigenvalue weighted by molar-refractivity contribution is 0.262. The Bertz CT molecular complexity index is 543. The van der Waals surface area contributed by atoms with Crippen molar-refractivity contribution < 1.29 is 4.79 Å². The van der Waals surface area contributed by atoms with E-state index in [1.54, 1.807) is 30.5 Å². The number of urea groups is 1. The highest BCUT2D eigenvalue weighted by Crippen LogP contribution is 2.23. The first kappa shape index (κ1) is 11.9. The van der Waals surface area contributed by atoms with Gasteiger partial charge in [-0.25, -0.2) is 9.78 Å². The number of halogens is 1. The fourth-order valence-electron chi connectivity index (χ4n) is 1.19. The summed E-state index contributed by atoms with van der Waals surface area (Å²) in [6.07, 6.45) is 1.63. The average molecular weight is 313 g/mol. The summed E-state index contributed by atoms with van der Waals surface area (Å²) >= 11 is 4.60. The van der Waals surface area contributed by atoms with Gasteiger partial charge in [0.25, 0.3) is 0 Å². The molecule has 1 aromatic heterocycles. The number of nitrogen functional groups attached to an aromatic ring is 1. The van der Waals surface area contributed by atoms with Crippen LogP contribution in [0.25, 0.3) is 0 Å². The molecular formula is C10H9BrN4OS. The van der Waals surface area contributed by atoms with Gasteiger partial charge in [0.05, 0.1) is 9.98 Å². The molecular weight excluding hydrogens is 304 g/mol. The predicted octanol–water partition coefficient (Wildman–Crippen LogP) is 3.13. The van der Waals surface area contributed by atoms with E-state index in [4.69, 9.17) is 5.73 Å². The van der Waals surface area contributed by atoms with Crippen LogP contribution in [-0.2, 0) is 0 Å². The molecule has 2 amide bonds. The molecule has 7 heteroatoms. The van der Waals surface area contributed by atoms with E-state index in [1.165, 1.54) is 11.3 Å². The van der Waals surface area contributed by atoms with Crippen molar-refractivity contribution in [1.29, 1.82) is 0 Å². The lowest BCUT2D eigenvalue weighted by Gasteiger charge is -2.05. The Morgan fingerprint density at radius 3 is 2.88 bits per heavy atom. The van der Waals surface area contributed by atoms with Crippen LogP contribution in [0.5, 0.6) is 0 Å². The van der Waals surface area contributed by atoms with Crippen molar-refractivity contribution in [2.75, 3.05) is 16.4 Å². The molecule has 0 spiro atoms. The number of nitrogens with one attached hydrogen (secondary N) is 2. The maximum absolute atomic E-state index is 11.6. The summed E-state index contributed by atoms with van der Waals surface area (Å²) in [7, 11) is 0. The average Bonchev–Trinajstić information content (AvgIpc) is 2.63. The summed E-state index contributed by atoms with van der Waals surface area (Å²) in [4.78, 5) is 15.6. The number of benzene rings is 1. The SMILES string of the molecule is Nc1cccc(NC(=O)Nc2ncc(Br)s2)c1. The van der Waals surface area contributed by atoms with Crippen molar-refractivity contribution in [3.05, 3.63) is 34.2 Å². The molecule has 88 valence electrons. The number of carbonyl (C=O) groups is 1. The van der Waals surface area contributed by atoms with Crippen molar-refractivity contribution in [3.63, 3.8) is 0 Å². The van der Waals surface area contributed by atoms with Crippen molar-refractivity contribution >= 4 is 49.8 Å². The topological polar surface area (TPSA) is 80.0 Å².